The minimum Gasteiger partial charge on any atom is -0.367 e. The molecule has 2 heterocycles. The summed E-state index contributed by atoms with van der Waals surface area (Å²) in [5, 5.41) is 3.01. The van der Waals surface area contributed by atoms with Crippen LogP contribution < -0.4 is 10.2 Å². The van der Waals surface area contributed by atoms with Gasteiger partial charge in [0.05, 0.1) is 17.4 Å². The molecule has 3 rings (SSSR count). The highest BCUT2D eigenvalue weighted by atomic mass is 16.1. The quantitative estimate of drug-likeness (QED) is 0.878. The zero-order valence-corrected chi connectivity index (χ0v) is 15.4. The summed E-state index contributed by atoms with van der Waals surface area (Å²) >= 11 is 0. The van der Waals surface area contributed by atoms with Gasteiger partial charge >= 0.3 is 0 Å². The molecule has 4 heteroatoms. The molecule has 0 saturated carbocycles. The van der Waals surface area contributed by atoms with Gasteiger partial charge in [-0.2, -0.15) is 0 Å². The highest BCUT2D eigenvalue weighted by molar-refractivity contribution is 6.05. The fourth-order valence-corrected chi connectivity index (χ4v) is 3.62. The smallest absolute Gasteiger partial charge is 0.257 e. The van der Waals surface area contributed by atoms with Crippen LogP contribution in [0.1, 0.15) is 54.1 Å². The Morgan fingerprint density at radius 2 is 2.08 bits per heavy atom. The van der Waals surface area contributed by atoms with Crippen LogP contribution >= 0.6 is 0 Å². The van der Waals surface area contributed by atoms with E-state index in [0.717, 1.165) is 29.9 Å². The standard InChI is InChI=1S/C21H27N3O/c1-4-18-7-5-6-10-24(18)19-12-17(13-22-14-19)21(25)23-20-9-8-15(2)11-16(20)3/h8-9,11-14,18H,4-7,10H2,1-3H3,(H,23,25). The van der Waals surface area contributed by atoms with Gasteiger partial charge in [0.15, 0.2) is 0 Å². The molecule has 2 aromatic rings. The minimum absolute atomic E-state index is 0.105. The van der Waals surface area contributed by atoms with Crippen LogP contribution in [-0.4, -0.2) is 23.5 Å². The van der Waals surface area contributed by atoms with E-state index in [1.165, 1.54) is 24.8 Å². The van der Waals surface area contributed by atoms with E-state index in [-0.39, 0.29) is 5.91 Å². The van der Waals surface area contributed by atoms with Gasteiger partial charge in [-0.25, -0.2) is 0 Å². The lowest BCUT2D eigenvalue weighted by Gasteiger charge is -2.37. The lowest BCUT2D eigenvalue weighted by molar-refractivity contribution is 0.102. The van der Waals surface area contributed by atoms with Crippen LogP contribution in [0, 0.1) is 13.8 Å². The van der Waals surface area contributed by atoms with E-state index in [0.29, 0.717) is 11.6 Å². The number of aryl methyl sites for hydroxylation is 2. The maximum atomic E-state index is 12.7. The van der Waals surface area contributed by atoms with Gasteiger partial charge in [-0.3, -0.25) is 9.78 Å². The normalized spacial score (nSPS) is 17.4. The predicted octanol–water partition coefficient (Wildman–Crippen LogP) is 4.72. The van der Waals surface area contributed by atoms with Gasteiger partial charge in [-0.15, -0.1) is 0 Å². The van der Waals surface area contributed by atoms with E-state index >= 15 is 0 Å². The van der Waals surface area contributed by atoms with Crippen molar-refractivity contribution in [3.05, 3.63) is 53.3 Å². The second-order valence-corrected chi connectivity index (χ2v) is 6.96. The number of hydrogen-bond donors (Lipinski definition) is 1. The molecule has 0 spiro atoms. The van der Waals surface area contributed by atoms with Crippen molar-refractivity contribution in [3.8, 4) is 0 Å². The summed E-state index contributed by atoms with van der Waals surface area (Å²) in [7, 11) is 0. The predicted molar refractivity (Wildman–Crippen MR) is 103 cm³/mol. The van der Waals surface area contributed by atoms with E-state index in [9.17, 15) is 4.79 Å². The number of carbonyl (C=O) groups excluding carboxylic acids is 1. The summed E-state index contributed by atoms with van der Waals surface area (Å²) in [4.78, 5) is 19.4. The molecule has 1 aliphatic rings. The third-order valence-corrected chi connectivity index (χ3v) is 5.05. The number of aromatic nitrogens is 1. The fraction of sp³-hybridized carbons (Fsp3) is 0.429. The monoisotopic (exact) mass is 337 g/mol. The Morgan fingerprint density at radius 1 is 1.24 bits per heavy atom. The van der Waals surface area contributed by atoms with Crippen molar-refractivity contribution in [2.45, 2.75) is 52.5 Å². The van der Waals surface area contributed by atoms with Gasteiger partial charge in [0.25, 0.3) is 5.91 Å². The SMILES string of the molecule is CCC1CCCCN1c1cncc(C(=O)Nc2ccc(C)cc2C)c1. The number of anilines is 2. The lowest BCUT2D eigenvalue weighted by Crippen LogP contribution is -2.39. The molecular weight excluding hydrogens is 310 g/mol. The van der Waals surface area contributed by atoms with Crippen molar-refractivity contribution in [1.82, 2.24) is 4.98 Å². The Labute approximate surface area is 150 Å². The molecule has 1 fully saturated rings. The van der Waals surface area contributed by atoms with E-state index in [1.54, 1.807) is 6.20 Å². The van der Waals surface area contributed by atoms with Gasteiger partial charge in [0.2, 0.25) is 0 Å². The van der Waals surface area contributed by atoms with Gasteiger partial charge in [0, 0.05) is 24.5 Å². The second-order valence-electron chi connectivity index (χ2n) is 6.96. The summed E-state index contributed by atoms with van der Waals surface area (Å²) in [6.45, 7) is 7.33. The molecule has 0 aliphatic carbocycles. The third kappa shape index (κ3) is 4.01. The summed E-state index contributed by atoms with van der Waals surface area (Å²) < 4.78 is 0. The molecule has 1 aromatic carbocycles. The maximum absolute atomic E-state index is 12.7. The Bertz CT molecular complexity index is 757. The molecule has 1 aliphatic heterocycles. The van der Waals surface area contributed by atoms with E-state index in [1.807, 2.05) is 31.3 Å². The van der Waals surface area contributed by atoms with Crippen LogP contribution in [0.5, 0.6) is 0 Å². The van der Waals surface area contributed by atoms with Gasteiger partial charge in [-0.05, 0) is 57.2 Å². The number of piperidine rings is 1. The average molecular weight is 337 g/mol. The lowest BCUT2D eigenvalue weighted by atomic mass is 9.99. The van der Waals surface area contributed by atoms with Crippen LogP contribution in [0.2, 0.25) is 0 Å². The van der Waals surface area contributed by atoms with Crippen LogP contribution in [0.15, 0.2) is 36.7 Å². The highest BCUT2D eigenvalue weighted by Gasteiger charge is 2.22. The van der Waals surface area contributed by atoms with Gasteiger partial charge < -0.3 is 10.2 Å². The molecule has 1 unspecified atom stereocenters. The molecule has 1 amide bonds. The molecule has 0 bridgehead atoms. The number of pyridine rings is 1. The van der Waals surface area contributed by atoms with Crippen molar-refractivity contribution in [2.24, 2.45) is 0 Å². The number of nitrogens with zero attached hydrogens (tertiary/aromatic N) is 2. The highest BCUT2D eigenvalue weighted by Crippen LogP contribution is 2.27. The van der Waals surface area contributed by atoms with Crippen LogP contribution in [0.3, 0.4) is 0 Å². The topological polar surface area (TPSA) is 45.2 Å². The Balaban J connectivity index is 1.79. The molecule has 1 saturated heterocycles. The maximum Gasteiger partial charge on any atom is 0.257 e. The van der Waals surface area contributed by atoms with Crippen molar-refractivity contribution < 1.29 is 4.79 Å². The number of rotatable bonds is 4. The largest absolute Gasteiger partial charge is 0.367 e. The number of amides is 1. The van der Waals surface area contributed by atoms with Crippen molar-refractivity contribution in [1.29, 1.82) is 0 Å². The summed E-state index contributed by atoms with van der Waals surface area (Å²) in [5.41, 5.74) is 4.78. The first-order chi connectivity index (χ1) is 12.1. The number of benzene rings is 1. The minimum atomic E-state index is -0.105. The number of carbonyl (C=O) groups is 1. The van der Waals surface area contributed by atoms with E-state index in [4.69, 9.17) is 0 Å². The molecule has 25 heavy (non-hydrogen) atoms. The van der Waals surface area contributed by atoms with Crippen LogP contribution in [-0.2, 0) is 0 Å². The van der Waals surface area contributed by atoms with E-state index in [2.05, 4.69) is 35.1 Å². The van der Waals surface area contributed by atoms with Crippen molar-refractivity contribution in [3.63, 3.8) is 0 Å². The van der Waals surface area contributed by atoms with Gasteiger partial charge in [-0.1, -0.05) is 24.6 Å². The zero-order valence-electron chi connectivity index (χ0n) is 15.4. The third-order valence-electron chi connectivity index (χ3n) is 5.05. The Morgan fingerprint density at radius 3 is 2.84 bits per heavy atom. The van der Waals surface area contributed by atoms with E-state index < -0.39 is 0 Å². The summed E-state index contributed by atoms with van der Waals surface area (Å²) in [6, 6.07) is 8.56. The summed E-state index contributed by atoms with van der Waals surface area (Å²) in [6.07, 6.45) is 8.36. The van der Waals surface area contributed by atoms with Crippen molar-refractivity contribution >= 4 is 17.3 Å². The molecule has 1 N–H and O–H groups in total. The first kappa shape index (κ1) is 17.5. The molecular formula is C21H27N3O. The van der Waals surface area contributed by atoms with Gasteiger partial charge in [0.1, 0.15) is 0 Å². The second kappa shape index (κ2) is 7.68. The first-order valence-electron chi connectivity index (χ1n) is 9.18. The molecule has 1 aromatic heterocycles. The molecule has 1 atom stereocenters. The van der Waals surface area contributed by atoms with Crippen LogP contribution in [0.25, 0.3) is 0 Å². The summed E-state index contributed by atoms with van der Waals surface area (Å²) in [5.74, 6) is -0.105. The molecule has 132 valence electrons. The molecule has 4 nitrogen and oxygen atoms in total. The molecule has 0 radical (unpaired) electrons. The number of hydrogen-bond acceptors (Lipinski definition) is 3. The van der Waals surface area contributed by atoms with Crippen molar-refractivity contribution in [2.75, 3.05) is 16.8 Å². The van der Waals surface area contributed by atoms with Crippen LogP contribution in [0.4, 0.5) is 11.4 Å². The fourth-order valence-electron chi connectivity index (χ4n) is 3.62. The zero-order chi connectivity index (χ0) is 17.8. The number of nitrogens with one attached hydrogen (secondary N) is 1. The first-order valence-corrected chi connectivity index (χ1v) is 9.18. The Kier molecular flexibility index (Phi) is 5.37. The Hall–Kier alpha value is -2.36. The average Bonchev–Trinajstić information content (AvgIpc) is 2.64.